The first-order valence-electron chi connectivity index (χ1n) is 7.12. The molecule has 22 heavy (non-hydrogen) atoms. The van der Waals surface area contributed by atoms with Crippen LogP contribution in [-0.4, -0.2) is 39.7 Å². The van der Waals surface area contributed by atoms with Crippen LogP contribution >= 0.6 is 23.1 Å². The normalized spacial score (nSPS) is 19.7. The van der Waals surface area contributed by atoms with Gasteiger partial charge in [0.25, 0.3) is 0 Å². The molecular weight excluding hydrogens is 322 g/mol. The molecule has 0 radical (unpaired) electrons. The Morgan fingerprint density at radius 2 is 2.23 bits per heavy atom. The molecule has 2 rings (SSSR count). The first-order chi connectivity index (χ1) is 10.6. The fourth-order valence-electron chi connectivity index (χ4n) is 2.29. The van der Waals surface area contributed by atoms with Crippen LogP contribution in [0.2, 0.25) is 0 Å². The van der Waals surface area contributed by atoms with Gasteiger partial charge in [-0.3, -0.25) is 4.79 Å². The molecule has 1 unspecified atom stereocenters. The van der Waals surface area contributed by atoms with Crippen molar-refractivity contribution in [3.05, 3.63) is 16.3 Å². The van der Waals surface area contributed by atoms with Crippen molar-refractivity contribution >= 4 is 34.6 Å². The van der Waals surface area contributed by atoms with Gasteiger partial charge in [0.2, 0.25) is 0 Å². The van der Waals surface area contributed by atoms with Crippen molar-refractivity contribution < 1.29 is 14.7 Å². The van der Waals surface area contributed by atoms with Crippen molar-refractivity contribution in [2.45, 2.75) is 43.4 Å². The summed E-state index contributed by atoms with van der Waals surface area (Å²) in [5.41, 5.74) is 0.812. The maximum Gasteiger partial charge on any atom is 0.174 e. The highest BCUT2D eigenvalue weighted by Crippen LogP contribution is 2.36. The highest BCUT2D eigenvalue weighted by molar-refractivity contribution is 8.00. The molecule has 0 aromatic carbocycles. The van der Waals surface area contributed by atoms with Crippen LogP contribution < -0.4 is 0 Å². The van der Waals surface area contributed by atoms with Gasteiger partial charge in [-0.1, -0.05) is 35.2 Å². The van der Waals surface area contributed by atoms with E-state index in [1.165, 1.54) is 23.1 Å². The smallest absolute Gasteiger partial charge is 0.174 e. The third-order valence-corrected chi connectivity index (χ3v) is 5.37. The zero-order valence-corrected chi connectivity index (χ0v) is 14.5. The summed E-state index contributed by atoms with van der Waals surface area (Å²) in [6.07, 6.45) is 3.16. The van der Waals surface area contributed by atoms with Crippen molar-refractivity contribution in [3.63, 3.8) is 0 Å². The third-order valence-electron chi connectivity index (χ3n) is 3.31. The first kappa shape index (κ1) is 17.0. The minimum absolute atomic E-state index is 0.0717. The summed E-state index contributed by atoms with van der Waals surface area (Å²) in [5, 5.41) is 23.2. The molecule has 1 atom stereocenters. The average molecular weight is 341 g/mol. The SMILES string of the molecule is CCON=C(CC)C1=C(O)CC(c2nnc(SC)s2)CC1=O. The van der Waals surface area contributed by atoms with Crippen LogP contribution in [0, 0.1) is 0 Å². The Balaban J connectivity index is 2.24. The number of carbonyl (C=O) groups is 1. The van der Waals surface area contributed by atoms with Crippen molar-refractivity contribution in [1.29, 1.82) is 0 Å². The summed E-state index contributed by atoms with van der Waals surface area (Å²) in [4.78, 5) is 17.5. The van der Waals surface area contributed by atoms with E-state index in [0.29, 0.717) is 37.2 Å². The Labute approximate surface area is 137 Å². The van der Waals surface area contributed by atoms with E-state index in [2.05, 4.69) is 15.4 Å². The number of oxime groups is 1. The second-order valence-corrected chi connectivity index (χ2v) is 6.83. The molecular formula is C14H19N3O3S2. The zero-order valence-electron chi connectivity index (χ0n) is 12.8. The van der Waals surface area contributed by atoms with Crippen LogP contribution in [-0.2, 0) is 9.63 Å². The molecule has 1 aromatic heterocycles. The summed E-state index contributed by atoms with van der Waals surface area (Å²) in [6, 6.07) is 0. The van der Waals surface area contributed by atoms with E-state index >= 15 is 0 Å². The van der Waals surface area contributed by atoms with Gasteiger partial charge < -0.3 is 9.94 Å². The van der Waals surface area contributed by atoms with E-state index in [1.54, 1.807) is 0 Å². The number of rotatable bonds is 6. The van der Waals surface area contributed by atoms with Gasteiger partial charge in [0, 0.05) is 18.8 Å². The molecule has 1 aliphatic rings. The van der Waals surface area contributed by atoms with Crippen molar-refractivity contribution in [2.24, 2.45) is 5.16 Å². The monoisotopic (exact) mass is 341 g/mol. The van der Waals surface area contributed by atoms with Gasteiger partial charge in [-0.15, -0.1) is 10.2 Å². The molecule has 8 heteroatoms. The number of aliphatic hydroxyl groups excluding tert-OH is 1. The third kappa shape index (κ3) is 3.67. The van der Waals surface area contributed by atoms with E-state index < -0.39 is 0 Å². The van der Waals surface area contributed by atoms with Gasteiger partial charge in [0.15, 0.2) is 10.1 Å². The van der Waals surface area contributed by atoms with Crippen LogP contribution in [0.25, 0.3) is 0 Å². The number of hydrogen-bond acceptors (Lipinski definition) is 8. The summed E-state index contributed by atoms with van der Waals surface area (Å²) >= 11 is 3.00. The number of hydrogen-bond donors (Lipinski definition) is 1. The minimum Gasteiger partial charge on any atom is -0.511 e. The van der Waals surface area contributed by atoms with Crippen LogP contribution in [0.1, 0.15) is 44.0 Å². The lowest BCUT2D eigenvalue weighted by atomic mass is 9.85. The molecule has 0 amide bonds. The number of ketones is 1. The molecule has 0 spiro atoms. The average Bonchev–Trinajstić information content (AvgIpc) is 2.98. The molecule has 1 aliphatic carbocycles. The molecule has 0 saturated carbocycles. The number of aliphatic hydroxyl groups is 1. The van der Waals surface area contributed by atoms with Crippen LogP contribution in [0.4, 0.5) is 0 Å². The summed E-state index contributed by atoms with van der Waals surface area (Å²) in [6.45, 7) is 4.13. The Morgan fingerprint density at radius 1 is 1.45 bits per heavy atom. The van der Waals surface area contributed by atoms with Gasteiger partial charge >= 0.3 is 0 Å². The number of aromatic nitrogens is 2. The molecule has 0 saturated heterocycles. The second-order valence-electron chi connectivity index (χ2n) is 4.77. The van der Waals surface area contributed by atoms with E-state index in [-0.39, 0.29) is 17.5 Å². The predicted molar refractivity (Wildman–Crippen MR) is 87.7 cm³/mol. The fraction of sp³-hybridized carbons (Fsp3) is 0.571. The van der Waals surface area contributed by atoms with Gasteiger partial charge in [-0.05, 0) is 19.6 Å². The number of nitrogens with zero attached hydrogens (tertiary/aromatic N) is 3. The van der Waals surface area contributed by atoms with Crippen molar-refractivity contribution in [1.82, 2.24) is 10.2 Å². The Morgan fingerprint density at radius 3 is 2.77 bits per heavy atom. The molecule has 0 aliphatic heterocycles. The Hall–Kier alpha value is -1.41. The molecule has 6 nitrogen and oxygen atoms in total. The Bertz CT molecular complexity index is 610. The number of carbonyl (C=O) groups excluding carboxylic acids is 1. The van der Waals surface area contributed by atoms with E-state index in [9.17, 15) is 9.90 Å². The summed E-state index contributed by atoms with van der Waals surface area (Å²) in [5.74, 6) is -0.155. The summed E-state index contributed by atoms with van der Waals surface area (Å²) in [7, 11) is 0. The van der Waals surface area contributed by atoms with Crippen molar-refractivity contribution in [3.8, 4) is 0 Å². The molecule has 1 heterocycles. The lowest BCUT2D eigenvalue weighted by Gasteiger charge is -2.21. The van der Waals surface area contributed by atoms with Crippen LogP contribution in [0.3, 0.4) is 0 Å². The summed E-state index contributed by atoms with van der Waals surface area (Å²) < 4.78 is 0.865. The van der Waals surface area contributed by atoms with Gasteiger partial charge in [-0.25, -0.2) is 0 Å². The second kappa shape index (κ2) is 7.73. The highest BCUT2D eigenvalue weighted by Gasteiger charge is 2.33. The lowest BCUT2D eigenvalue weighted by molar-refractivity contribution is -0.116. The molecule has 0 bridgehead atoms. The maximum atomic E-state index is 12.4. The zero-order chi connectivity index (χ0) is 16.1. The highest BCUT2D eigenvalue weighted by atomic mass is 32.2. The molecule has 1 N–H and O–H groups in total. The molecule has 1 aromatic rings. The number of thioether (sulfide) groups is 1. The lowest BCUT2D eigenvalue weighted by Crippen LogP contribution is -2.23. The quantitative estimate of drug-likeness (QED) is 0.485. The van der Waals surface area contributed by atoms with E-state index in [4.69, 9.17) is 4.84 Å². The van der Waals surface area contributed by atoms with E-state index in [0.717, 1.165) is 9.35 Å². The van der Waals surface area contributed by atoms with E-state index in [1.807, 2.05) is 20.1 Å². The minimum atomic E-state index is -0.116. The van der Waals surface area contributed by atoms with Crippen LogP contribution in [0.15, 0.2) is 20.8 Å². The van der Waals surface area contributed by atoms with Gasteiger partial charge in [0.1, 0.15) is 17.4 Å². The fourth-order valence-corrected chi connectivity index (χ4v) is 3.68. The standard InChI is InChI=1S/C14H19N3O3S2/c1-4-9(17-20-5-2)12-10(18)6-8(7-11(12)19)13-15-16-14(21-3)22-13/h8,18H,4-7H2,1-3H3. The van der Waals surface area contributed by atoms with Gasteiger partial charge in [0.05, 0.1) is 11.3 Å². The van der Waals surface area contributed by atoms with Crippen molar-refractivity contribution in [2.75, 3.05) is 12.9 Å². The van der Waals surface area contributed by atoms with Crippen LogP contribution in [0.5, 0.6) is 0 Å². The predicted octanol–water partition coefficient (Wildman–Crippen LogP) is 3.32. The topological polar surface area (TPSA) is 84.7 Å². The molecule has 120 valence electrons. The van der Waals surface area contributed by atoms with Gasteiger partial charge in [-0.2, -0.15) is 0 Å². The first-order valence-corrected chi connectivity index (χ1v) is 9.16. The maximum absolute atomic E-state index is 12.4. The number of allylic oxidation sites excluding steroid dienone is 2. The largest absolute Gasteiger partial charge is 0.511 e. The number of Topliss-reactive ketones (excluding diaryl/α,β-unsaturated/α-hetero) is 1. The molecule has 0 fully saturated rings. The Kier molecular flexibility index (Phi) is 5.96.